The molecule has 1 aliphatic heterocycles. The zero-order valence-electron chi connectivity index (χ0n) is 25.7. The monoisotopic (exact) mass is 562 g/mol. The van der Waals surface area contributed by atoms with Gasteiger partial charge in [-0.3, -0.25) is 24.4 Å². The lowest BCUT2D eigenvalue weighted by molar-refractivity contribution is -0.112. The van der Waals surface area contributed by atoms with Crippen LogP contribution in [0.3, 0.4) is 0 Å². The first-order valence-corrected chi connectivity index (χ1v) is 13.8. The van der Waals surface area contributed by atoms with Crippen molar-refractivity contribution < 1.29 is 9.59 Å². The van der Waals surface area contributed by atoms with E-state index in [-0.39, 0.29) is 11.5 Å². The summed E-state index contributed by atoms with van der Waals surface area (Å²) in [6.45, 7) is 14.2. The summed E-state index contributed by atoms with van der Waals surface area (Å²) in [5.41, 5.74) is 10.7. The third-order valence-electron chi connectivity index (χ3n) is 7.47. The molecule has 4 N–H and O–H groups in total. The Bertz CT molecular complexity index is 1300. The summed E-state index contributed by atoms with van der Waals surface area (Å²) in [5, 5.41) is 10.1. The second kappa shape index (κ2) is 15.1. The van der Waals surface area contributed by atoms with Gasteiger partial charge in [-0.1, -0.05) is 20.4 Å². The predicted octanol–water partition coefficient (Wildman–Crippen LogP) is 4.72. The van der Waals surface area contributed by atoms with Crippen LogP contribution >= 0.6 is 0 Å². The highest BCUT2D eigenvalue weighted by atomic mass is 16.1. The number of amides is 1. The van der Waals surface area contributed by atoms with Crippen LogP contribution in [0.2, 0.25) is 0 Å². The van der Waals surface area contributed by atoms with Gasteiger partial charge in [0.25, 0.3) is 5.91 Å². The molecule has 0 radical (unpaired) electrons. The second-order valence-corrected chi connectivity index (χ2v) is 11.0. The molecule has 222 valence electrons. The molecule has 0 bridgehead atoms. The number of rotatable bonds is 10. The Labute approximate surface area is 244 Å². The third-order valence-corrected chi connectivity index (χ3v) is 7.47. The second-order valence-electron chi connectivity index (χ2n) is 11.0. The number of nitrogens with zero attached hydrogens (tertiary/aromatic N) is 5. The first kappa shape index (κ1) is 33.2. The molecular weight excluding hydrogens is 516 g/mol. The average molecular weight is 563 g/mol. The number of anilines is 2. The molecule has 1 amide bonds. The van der Waals surface area contributed by atoms with Crippen molar-refractivity contribution in [3.05, 3.63) is 66.5 Å². The molecule has 2 aromatic heterocycles. The number of hydrogen-bond acceptors (Lipinski definition) is 8. The van der Waals surface area contributed by atoms with Crippen molar-refractivity contribution in [1.29, 1.82) is 0 Å². The van der Waals surface area contributed by atoms with Crippen LogP contribution in [0.15, 0.2) is 60.3 Å². The Morgan fingerprint density at radius 1 is 1.32 bits per heavy atom. The van der Waals surface area contributed by atoms with Crippen molar-refractivity contribution in [3.63, 3.8) is 0 Å². The molecule has 1 unspecified atom stereocenters. The SMILES string of the molecule is C=CC(=N\C=C(\c1cnn(C)c1)C(C)C)/C(=C\N)C(=O)Nc1cc(NC)cnc1C.CN1C(CC=O)CCC1(C)C. The number of aldehydes is 1. The van der Waals surface area contributed by atoms with E-state index in [0.717, 1.165) is 23.1 Å². The fourth-order valence-corrected chi connectivity index (χ4v) is 4.53. The topological polar surface area (TPSA) is 131 Å². The van der Waals surface area contributed by atoms with Gasteiger partial charge in [0.05, 0.1) is 40.7 Å². The highest BCUT2D eigenvalue weighted by molar-refractivity contribution is 6.29. The number of allylic oxidation sites excluding steroid dienone is 2. The van der Waals surface area contributed by atoms with Gasteiger partial charge in [-0.05, 0) is 64.3 Å². The van der Waals surface area contributed by atoms with Crippen molar-refractivity contribution in [3.8, 4) is 0 Å². The lowest BCUT2D eigenvalue weighted by Crippen LogP contribution is -2.39. The minimum absolute atomic E-state index is 0.209. The quantitative estimate of drug-likeness (QED) is 0.217. The van der Waals surface area contributed by atoms with Crippen LogP contribution in [-0.2, 0) is 16.6 Å². The molecule has 0 aliphatic carbocycles. The zero-order valence-corrected chi connectivity index (χ0v) is 25.7. The van der Waals surface area contributed by atoms with Gasteiger partial charge >= 0.3 is 0 Å². The summed E-state index contributed by atoms with van der Waals surface area (Å²) in [6.07, 6.45) is 14.0. The van der Waals surface area contributed by atoms with Gasteiger partial charge in [0.2, 0.25) is 0 Å². The van der Waals surface area contributed by atoms with Gasteiger partial charge < -0.3 is 21.2 Å². The number of aliphatic imine (C=N–C) groups is 1. The molecular formula is C31H46N8O2. The smallest absolute Gasteiger partial charge is 0.259 e. The molecule has 1 atom stereocenters. The lowest BCUT2D eigenvalue weighted by atomic mass is 9.99. The molecule has 10 nitrogen and oxygen atoms in total. The molecule has 3 rings (SSSR count). The summed E-state index contributed by atoms with van der Waals surface area (Å²) in [7, 11) is 5.76. The Hall–Kier alpha value is -4.05. The average Bonchev–Trinajstić information content (AvgIpc) is 3.47. The van der Waals surface area contributed by atoms with Crippen LogP contribution in [0.5, 0.6) is 0 Å². The van der Waals surface area contributed by atoms with Gasteiger partial charge in [0, 0.05) is 56.3 Å². The molecule has 0 spiro atoms. The number of aromatic nitrogens is 3. The van der Waals surface area contributed by atoms with Crippen molar-refractivity contribution in [1.82, 2.24) is 19.7 Å². The molecule has 1 fully saturated rings. The highest BCUT2D eigenvalue weighted by Crippen LogP contribution is 2.32. The van der Waals surface area contributed by atoms with Crippen molar-refractivity contribution in [2.75, 3.05) is 24.7 Å². The number of nitrogens with two attached hydrogens (primary N) is 1. The van der Waals surface area contributed by atoms with E-state index in [1.165, 1.54) is 25.1 Å². The maximum Gasteiger partial charge on any atom is 0.259 e. The number of pyridine rings is 1. The summed E-state index contributed by atoms with van der Waals surface area (Å²) < 4.78 is 1.73. The maximum atomic E-state index is 12.9. The first-order chi connectivity index (χ1) is 19.4. The van der Waals surface area contributed by atoms with Crippen molar-refractivity contribution >= 4 is 34.9 Å². The molecule has 10 heteroatoms. The Kier molecular flexibility index (Phi) is 12.2. The number of likely N-dealkylation sites (tertiary alicyclic amines) is 1. The van der Waals surface area contributed by atoms with Crippen molar-refractivity contribution in [2.24, 2.45) is 23.7 Å². The molecule has 2 aromatic rings. The minimum Gasteiger partial charge on any atom is -0.404 e. The van der Waals surface area contributed by atoms with E-state index in [4.69, 9.17) is 5.73 Å². The largest absolute Gasteiger partial charge is 0.404 e. The lowest BCUT2D eigenvalue weighted by Gasteiger charge is -2.31. The molecule has 1 saturated heterocycles. The van der Waals surface area contributed by atoms with Crippen LogP contribution in [0.1, 0.15) is 58.2 Å². The van der Waals surface area contributed by atoms with Gasteiger partial charge in [0.1, 0.15) is 6.29 Å². The van der Waals surface area contributed by atoms with Gasteiger partial charge in [-0.2, -0.15) is 5.10 Å². The first-order valence-electron chi connectivity index (χ1n) is 13.8. The van der Waals surface area contributed by atoms with E-state index in [1.807, 2.05) is 20.2 Å². The Balaban J connectivity index is 0.000000446. The Morgan fingerprint density at radius 2 is 2.02 bits per heavy atom. The van der Waals surface area contributed by atoms with E-state index < -0.39 is 5.91 Å². The zero-order chi connectivity index (χ0) is 30.7. The van der Waals surface area contributed by atoms with Crippen LogP contribution < -0.4 is 16.4 Å². The molecule has 0 saturated carbocycles. The fourth-order valence-electron chi connectivity index (χ4n) is 4.53. The van der Waals surface area contributed by atoms with Crippen LogP contribution in [0.4, 0.5) is 11.4 Å². The number of nitrogens with one attached hydrogen (secondary N) is 2. The summed E-state index contributed by atoms with van der Waals surface area (Å²) in [6, 6.07) is 2.29. The Morgan fingerprint density at radius 3 is 2.51 bits per heavy atom. The van der Waals surface area contributed by atoms with Crippen LogP contribution in [0.25, 0.3) is 5.57 Å². The molecule has 41 heavy (non-hydrogen) atoms. The number of carbonyl (C=O) groups excluding carboxylic acids is 2. The maximum absolute atomic E-state index is 12.9. The van der Waals surface area contributed by atoms with Crippen LogP contribution in [-0.4, -0.2) is 63.2 Å². The minimum atomic E-state index is -0.393. The van der Waals surface area contributed by atoms with E-state index in [0.29, 0.717) is 35.1 Å². The number of aryl methyl sites for hydroxylation is 2. The molecule has 3 heterocycles. The van der Waals surface area contributed by atoms with Gasteiger partial charge in [0.15, 0.2) is 0 Å². The predicted molar refractivity (Wildman–Crippen MR) is 169 cm³/mol. The standard InChI is InChI=1S/C22H29N7O.C9H17NO/c1-7-20(26-12-19(14(2)3)16-10-27-29(6)13-16)18(9-23)22(30)28-21-8-17(24-5)11-25-15(21)4;1-9(2)6-4-8(5-7-11)10(9)3/h7-14,24H,1,23H2,2-6H3,(H,28,30);7-8H,4-6H2,1-3H3/b18-9+,19-12+,26-20+;. The third kappa shape index (κ3) is 8.97. The normalized spacial score (nSPS) is 17.6. The summed E-state index contributed by atoms with van der Waals surface area (Å²) >= 11 is 0. The van der Waals surface area contributed by atoms with E-state index in [2.05, 4.69) is 71.9 Å². The number of carbonyl (C=O) groups is 2. The molecule has 0 aromatic carbocycles. The summed E-state index contributed by atoms with van der Waals surface area (Å²) in [5.74, 6) is -0.184. The van der Waals surface area contributed by atoms with E-state index in [9.17, 15) is 9.59 Å². The highest BCUT2D eigenvalue weighted by Gasteiger charge is 2.35. The van der Waals surface area contributed by atoms with E-state index in [1.54, 1.807) is 36.4 Å². The summed E-state index contributed by atoms with van der Waals surface area (Å²) in [4.78, 5) is 34.3. The van der Waals surface area contributed by atoms with E-state index >= 15 is 0 Å². The van der Waals surface area contributed by atoms with Crippen LogP contribution in [0, 0.1) is 12.8 Å². The number of hydrogen-bond donors (Lipinski definition) is 3. The van der Waals surface area contributed by atoms with Crippen molar-refractivity contribution in [2.45, 2.75) is 65.5 Å². The molecule has 1 aliphatic rings. The fraction of sp³-hybridized carbons (Fsp3) is 0.452. The van der Waals surface area contributed by atoms with Gasteiger partial charge in [-0.25, -0.2) is 0 Å². The van der Waals surface area contributed by atoms with Gasteiger partial charge in [-0.15, -0.1) is 0 Å².